The largest absolute Gasteiger partial charge is 0.497 e. The minimum absolute atomic E-state index is 0. The molecule has 0 radical (unpaired) electrons. The number of rotatable bonds is 11. The molecule has 8 heteroatoms. The van der Waals surface area contributed by atoms with Crippen molar-refractivity contribution in [1.29, 1.82) is 0 Å². The van der Waals surface area contributed by atoms with Gasteiger partial charge in [-0.05, 0) is 57.0 Å². The molecular formula is C23H40IN5O2. The average molecular weight is 546 g/mol. The van der Waals surface area contributed by atoms with Crippen molar-refractivity contribution < 1.29 is 9.53 Å². The van der Waals surface area contributed by atoms with E-state index < -0.39 is 0 Å². The third-order valence-corrected chi connectivity index (χ3v) is 5.32. The van der Waals surface area contributed by atoms with E-state index in [0.29, 0.717) is 19.5 Å². The molecule has 0 saturated carbocycles. The van der Waals surface area contributed by atoms with Crippen molar-refractivity contribution >= 4 is 35.8 Å². The molecule has 1 aliphatic rings. The number of ether oxygens (including phenoxy) is 1. The number of piperidine rings is 1. The van der Waals surface area contributed by atoms with Crippen LogP contribution in [0, 0.1) is 0 Å². The lowest BCUT2D eigenvalue weighted by molar-refractivity contribution is -0.120. The number of carbonyl (C=O) groups is 1. The number of benzene rings is 1. The minimum atomic E-state index is 0. The van der Waals surface area contributed by atoms with Crippen LogP contribution in [0.1, 0.15) is 57.6 Å². The van der Waals surface area contributed by atoms with Gasteiger partial charge in [0, 0.05) is 26.1 Å². The molecule has 1 amide bonds. The highest BCUT2D eigenvalue weighted by atomic mass is 127. The van der Waals surface area contributed by atoms with Crippen LogP contribution in [0.3, 0.4) is 0 Å². The standard InChI is InChI=1S/C23H39N5O2.HI/c1-4-14-25-22(29)13-15-26-23(24-5-2)27-18-21(28-16-7-6-8-17-28)19-9-11-20(30-3)12-10-19;/h9-12,21H,4-8,13-18H2,1-3H3,(H,25,29)(H2,24,26,27);1H. The van der Waals surface area contributed by atoms with Crippen molar-refractivity contribution in [2.45, 2.75) is 52.0 Å². The molecule has 176 valence electrons. The first-order valence-corrected chi connectivity index (χ1v) is 11.3. The lowest BCUT2D eigenvalue weighted by atomic mass is 10.0. The summed E-state index contributed by atoms with van der Waals surface area (Å²) in [6.07, 6.45) is 5.17. The summed E-state index contributed by atoms with van der Waals surface area (Å²) in [5.41, 5.74) is 1.26. The second-order valence-electron chi connectivity index (χ2n) is 7.63. The molecule has 1 saturated heterocycles. The maximum atomic E-state index is 11.8. The Hall–Kier alpha value is -1.55. The summed E-state index contributed by atoms with van der Waals surface area (Å²) in [5, 5.41) is 9.50. The van der Waals surface area contributed by atoms with Crippen LogP contribution >= 0.6 is 24.0 Å². The molecule has 31 heavy (non-hydrogen) atoms. The molecule has 1 aliphatic heterocycles. The van der Waals surface area contributed by atoms with E-state index in [9.17, 15) is 4.79 Å². The summed E-state index contributed by atoms with van der Waals surface area (Å²) < 4.78 is 5.32. The number of amides is 1. The number of nitrogens with zero attached hydrogens (tertiary/aromatic N) is 2. The van der Waals surface area contributed by atoms with Gasteiger partial charge in [-0.2, -0.15) is 0 Å². The van der Waals surface area contributed by atoms with Crippen molar-refractivity contribution in [3.05, 3.63) is 29.8 Å². The van der Waals surface area contributed by atoms with Gasteiger partial charge in [-0.3, -0.25) is 14.7 Å². The van der Waals surface area contributed by atoms with Crippen LogP contribution < -0.4 is 20.7 Å². The van der Waals surface area contributed by atoms with Gasteiger partial charge in [0.1, 0.15) is 5.75 Å². The summed E-state index contributed by atoms with van der Waals surface area (Å²) in [5.74, 6) is 1.71. The van der Waals surface area contributed by atoms with Crippen LogP contribution in [0.5, 0.6) is 5.75 Å². The Kier molecular flexibility index (Phi) is 14.3. The lowest BCUT2D eigenvalue weighted by Gasteiger charge is -2.34. The average Bonchev–Trinajstić information content (AvgIpc) is 2.79. The van der Waals surface area contributed by atoms with Gasteiger partial charge in [-0.1, -0.05) is 25.5 Å². The molecule has 1 atom stereocenters. The molecule has 3 N–H and O–H groups in total. The minimum Gasteiger partial charge on any atom is -0.497 e. The Morgan fingerprint density at radius 2 is 1.77 bits per heavy atom. The van der Waals surface area contributed by atoms with Crippen LogP contribution in [-0.4, -0.2) is 63.1 Å². The smallest absolute Gasteiger partial charge is 0.221 e. The number of aliphatic imine (C=N–C) groups is 1. The predicted octanol–water partition coefficient (Wildman–Crippen LogP) is 3.31. The maximum Gasteiger partial charge on any atom is 0.221 e. The van der Waals surface area contributed by atoms with E-state index in [0.717, 1.165) is 44.3 Å². The van der Waals surface area contributed by atoms with Crippen LogP contribution in [0.25, 0.3) is 0 Å². The number of hydrogen-bond donors (Lipinski definition) is 3. The second kappa shape index (κ2) is 16.1. The summed E-state index contributed by atoms with van der Waals surface area (Å²) in [6.45, 7) is 9.06. The van der Waals surface area contributed by atoms with Crippen molar-refractivity contribution in [1.82, 2.24) is 20.9 Å². The van der Waals surface area contributed by atoms with Gasteiger partial charge in [-0.25, -0.2) is 0 Å². The molecule has 0 aliphatic carbocycles. The summed E-state index contributed by atoms with van der Waals surface area (Å²) in [7, 11) is 1.69. The van der Waals surface area contributed by atoms with Crippen LogP contribution in [0.4, 0.5) is 0 Å². The Bertz CT molecular complexity index is 648. The van der Waals surface area contributed by atoms with E-state index in [2.05, 4.69) is 46.8 Å². The van der Waals surface area contributed by atoms with Gasteiger partial charge < -0.3 is 20.7 Å². The molecule has 1 unspecified atom stereocenters. The van der Waals surface area contributed by atoms with E-state index in [1.165, 1.54) is 24.8 Å². The van der Waals surface area contributed by atoms with Gasteiger partial charge in [0.15, 0.2) is 5.96 Å². The SMILES string of the molecule is CCCNC(=O)CCNC(=NCC(c1ccc(OC)cc1)N1CCCCC1)NCC.I. The third kappa shape index (κ3) is 10.1. The highest BCUT2D eigenvalue weighted by Gasteiger charge is 2.22. The zero-order chi connectivity index (χ0) is 21.6. The quantitative estimate of drug-likeness (QED) is 0.226. The second-order valence-corrected chi connectivity index (χ2v) is 7.63. The molecule has 1 fully saturated rings. The first kappa shape index (κ1) is 27.5. The Morgan fingerprint density at radius 3 is 2.39 bits per heavy atom. The first-order valence-electron chi connectivity index (χ1n) is 11.3. The van der Waals surface area contributed by atoms with Crippen molar-refractivity contribution in [3.63, 3.8) is 0 Å². The van der Waals surface area contributed by atoms with Crippen molar-refractivity contribution in [2.24, 2.45) is 4.99 Å². The monoisotopic (exact) mass is 545 g/mol. The molecule has 0 aromatic heterocycles. The van der Waals surface area contributed by atoms with Crippen LogP contribution in [-0.2, 0) is 4.79 Å². The fraction of sp³-hybridized carbons (Fsp3) is 0.652. The molecule has 2 rings (SSSR count). The fourth-order valence-electron chi connectivity index (χ4n) is 3.65. The molecule has 0 spiro atoms. The first-order chi connectivity index (χ1) is 14.7. The van der Waals surface area contributed by atoms with Gasteiger partial charge in [0.05, 0.1) is 19.7 Å². The number of methoxy groups -OCH3 is 1. The van der Waals surface area contributed by atoms with Gasteiger partial charge in [0.2, 0.25) is 5.91 Å². The molecule has 1 aromatic carbocycles. The maximum absolute atomic E-state index is 11.8. The Morgan fingerprint density at radius 1 is 1.06 bits per heavy atom. The number of likely N-dealkylation sites (tertiary alicyclic amines) is 1. The fourth-order valence-corrected chi connectivity index (χ4v) is 3.65. The third-order valence-electron chi connectivity index (χ3n) is 5.32. The van der Waals surface area contributed by atoms with Gasteiger partial charge in [0.25, 0.3) is 0 Å². The van der Waals surface area contributed by atoms with Crippen molar-refractivity contribution in [3.8, 4) is 5.75 Å². The van der Waals surface area contributed by atoms with Crippen LogP contribution in [0.2, 0.25) is 0 Å². The number of hydrogen-bond acceptors (Lipinski definition) is 4. The summed E-state index contributed by atoms with van der Waals surface area (Å²) in [6, 6.07) is 8.57. The van der Waals surface area contributed by atoms with Crippen LogP contribution in [0.15, 0.2) is 29.3 Å². The highest BCUT2D eigenvalue weighted by molar-refractivity contribution is 14.0. The Labute approximate surface area is 204 Å². The van der Waals surface area contributed by atoms with Gasteiger partial charge in [-0.15, -0.1) is 24.0 Å². The van der Waals surface area contributed by atoms with Crippen molar-refractivity contribution in [2.75, 3.05) is 46.4 Å². The highest BCUT2D eigenvalue weighted by Crippen LogP contribution is 2.26. The summed E-state index contributed by atoms with van der Waals surface area (Å²) >= 11 is 0. The number of carbonyl (C=O) groups excluding carboxylic acids is 1. The van der Waals surface area contributed by atoms with E-state index >= 15 is 0 Å². The Balaban J connectivity index is 0.00000480. The zero-order valence-corrected chi connectivity index (χ0v) is 21.6. The number of halogens is 1. The number of nitrogens with one attached hydrogen (secondary N) is 3. The molecule has 7 nitrogen and oxygen atoms in total. The van der Waals surface area contributed by atoms with E-state index in [1.54, 1.807) is 7.11 Å². The predicted molar refractivity (Wildman–Crippen MR) is 138 cm³/mol. The summed E-state index contributed by atoms with van der Waals surface area (Å²) in [4.78, 5) is 19.2. The number of guanidine groups is 1. The molecule has 1 aromatic rings. The molecule has 1 heterocycles. The topological polar surface area (TPSA) is 78.0 Å². The van der Waals surface area contributed by atoms with E-state index in [-0.39, 0.29) is 35.9 Å². The molecule has 0 bridgehead atoms. The lowest BCUT2D eigenvalue weighted by Crippen LogP contribution is -2.41. The van der Waals surface area contributed by atoms with E-state index in [4.69, 9.17) is 9.73 Å². The zero-order valence-electron chi connectivity index (χ0n) is 19.3. The van der Waals surface area contributed by atoms with E-state index in [1.807, 2.05) is 12.1 Å². The van der Waals surface area contributed by atoms with Gasteiger partial charge >= 0.3 is 0 Å². The molecular weight excluding hydrogens is 505 g/mol. The normalized spacial score (nSPS) is 15.5.